The molecular weight excluding hydrogens is 178 g/mol. The van der Waals surface area contributed by atoms with E-state index in [2.05, 4.69) is 9.97 Å². The lowest BCUT2D eigenvalue weighted by atomic mass is 10.1. The van der Waals surface area contributed by atoms with Crippen LogP contribution in [-0.4, -0.2) is 14.5 Å². The van der Waals surface area contributed by atoms with Gasteiger partial charge in [-0.3, -0.25) is 4.57 Å². The Bertz CT molecular complexity index is 516. The monoisotopic (exact) mass is 191 g/mol. The van der Waals surface area contributed by atoms with Crippen LogP contribution in [0.1, 0.15) is 20.8 Å². The van der Waals surface area contributed by atoms with Crippen LogP contribution in [0.5, 0.6) is 0 Å². The Morgan fingerprint density at radius 2 is 2.14 bits per heavy atom. The van der Waals surface area contributed by atoms with Crippen LogP contribution in [0.15, 0.2) is 23.1 Å². The Kier molecular flexibility index (Phi) is 1.74. The van der Waals surface area contributed by atoms with Gasteiger partial charge < -0.3 is 4.98 Å². The summed E-state index contributed by atoms with van der Waals surface area (Å²) < 4.78 is 1.67. The van der Waals surface area contributed by atoms with Crippen LogP contribution < -0.4 is 5.69 Å². The van der Waals surface area contributed by atoms with Crippen molar-refractivity contribution in [3.05, 3.63) is 28.8 Å². The summed E-state index contributed by atoms with van der Waals surface area (Å²) in [6, 6.07) is 3.66. The van der Waals surface area contributed by atoms with E-state index in [-0.39, 0.29) is 11.2 Å². The molecule has 2 aromatic heterocycles. The van der Waals surface area contributed by atoms with Gasteiger partial charge in [-0.1, -0.05) is 0 Å². The first-order valence-electron chi connectivity index (χ1n) is 4.56. The molecule has 0 amide bonds. The molecule has 0 aliphatic carbocycles. The normalized spacial score (nSPS) is 12.2. The van der Waals surface area contributed by atoms with E-state index in [4.69, 9.17) is 0 Å². The van der Waals surface area contributed by atoms with E-state index in [0.29, 0.717) is 5.65 Å². The van der Waals surface area contributed by atoms with Crippen LogP contribution in [-0.2, 0) is 5.54 Å². The molecule has 0 spiro atoms. The van der Waals surface area contributed by atoms with Crippen molar-refractivity contribution in [2.24, 2.45) is 0 Å². The molecular formula is C10H13N3O. The molecule has 2 heterocycles. The Balaban J connectivity index is 2.88. The van der Waals surface area contributed by atoms with Crippen molar-refractivity contribution in [3.8, 4) is 0 Å². The lowest BCUT2D eigenvalue weighted by Gasteiger charge is -2.19. The van der Waals surface area contributed by atoms with Crippen molar-refractivity contribution < 1.29 is 0 Å². The number of rotatable bonds is 0. The number of hydrogen-bond acceptors (Lipinski definition) is 2. The van der Waals surface area contributed by atoms with E-state index in [0.717, 1.165) is 5.52 Å². The lowest BCUT2D eigenvalue weighted by molar-refractivity contribution is 0.395. The molecule has 1 N–H and O–H groups in total. The van der Waals surface area contributed by atoms with E-state index < -0.39 is 0 Å². The number of aromatic nitrogens is 3. The van der Waals surface area contributed by atoms with Gasteiger partial charge in [0.05, 0.1) is 5.52 Å². The third-order valence-electron chi connectivity index (χ3n) is 2.11. The van der Waals surface area contributed by atoms with Crippen LogP contribution in [0.3, 0.4) is 0 Å². The Hall–Kier alpha value is -1.58. The predicted octanol–water partition coefficient (Wildman–Crippen LogP) is 1.48. The maximum atomic E-state index is 11.7. The van der Waals surface area contributed by atoms with Crippen LogP contribution in [0.25, 0.3) is 11.2 Å². The van der Waals surface area contributed by atoms with Gasteiger partial charge >= 0.3 is 5.69 Å². The van der Waals surface area contributed by atoms with E-state index >= 15 is 0 Å². The van der Waals surface area contributed by atoms with Crippen molar-refractivity contribution in [1.82, 2.24) is 14.5 Å². The zero-order valence-electron chi connectivity index (χ0n) is 8.53. The van der Waals surface area contributed by atoms with Crippen molar-refractivity contribution in [3.63, 3.8) is 0 Å². The molecule has 0 aromatic carbocycles. The second-order valence-corrected chi connectivity index (χ2v) is 4.31. The molecule has 0 radical (unpaired) electrons. The third kappa shape index (κ3) is 1.23. The van der Waals surface area contributed by atoms with Crippen LogP contribution in [0.2, 0.25) is 0 Å². The van der Waals surface area contributed by atoms with Gasteiger partial charge in [-0.25, -0.2) is 9.78 Å². The van der Waals surface area contributed by atoms with Crippen molar-refractivity contribution in [2.75, 3.05) is 0 Å². The van der Waals surface area contributed by atoms with Crippen molar-refractivity contribution in [1.29, 1.82) is 0 Å². The standard InChI is InChI=1S/C10H13N3O/c1-10(2,3)13-8-7(12-9(13)14)5-4-6-11-8/h4-6H,1-3H3,(H,12,14). The highest BCUT2D eigenvalue weighted by atomic mass is 16.1. The molecule has 0 aliphatic rings. The van der Waals surface area contributed by atoms with Gasteiger partial charge in [0, 0.05) is 11.7 Å². The summed E-state index contributed by atoms with van der Waals surface area (Å²) in [5.41, 5.74) is 1.15. The minimum atomic E-state index is -0.246. The third-order valence-corrected chi connectivity index (χ3v) is 2.11. The second-order valence-electron chi connectivity index (χ2n) is 4.31. The zero-order chi connectivity index (χ0) is 10.3. The lowest BCUT2D eigenvalue weighted by Crippen LogP contribution is -2.32. The molecule has 2 rings (SSSR count). The topological polar surface area (TPSA) is 50.7 Å². The Morgan fingerprint density at radius 1 is 1.43 bits per heavy atom. The van der Waals surface area contributed by atoms with Gasteiger partial charge in [0.2, 0.25) is 0 Å². The largest absolute Gasteiger partial charge is 0.328 e. The maximum Gasteiger partial charge on any atom is 0.328 e. The molecule has 14 heavy (non-hydrogen) atoms. The van der Waals surface area contributed by atoms with Crippen LogP contribution in [0, 0.1) is 0 Å². The van der Waals surface area contributed by atoms with Crippen molar-refractivity contribution in [2.45, 2.75) is 26.3 Å². The number of nitrogens with one attached hydrogen (secondary N) is 1. The smallest absolute Gasteiger partial charge is 0.304 e. The summed E-state index contributed by atoms with van der Waals surface area (Å²) in [4.78, 5) is 18.6. The molecule has 0 bridgehead atoms. The first-order valence-corrected chi connectivity index (χ1v) is 4.56. The number of imidazole rings is 1. The van der Waals surface area contributed by atoms with Gasteiger partial charge in [-0.2, -0.15) is 0 Å². The molecule has 4 heteroatoms. The fraction of sp³-hybridized carbons (Fsp3) is 0.400. The van der Waals surface area contributed by atoms with Gasteiger partial charge in [-0.15, -0.1) is 0 Å². The quantitative estimate of drug-likeness (QED) is 0.685. The summed E-state index contributed by atoms with van der Waals surface area (Å²) in [6.45, 7) is 5.95. The van der Waals surface area contributed by atoms with Crippen LogP contribution >= 0.6 is 0 Å². The molecule has 0 saturated heterocycles. The SMILES string of the molecule is CC(C)(C)n1c(=O)[nH]c2cccnc21. The minimum absolute atomic E-state index is 0.105. The van der Waals surface area contributed by atoms with Crippen molar-refractivity contribution >= 4 is 11.2 Å². The van der Waals surface area contributed by atoms with Gasteiger partial charge in [-0.05, 0) is 32.9 Å². The Labute approximate surface area is 81.6 Å². The first kappa shape index (κ1) is 8.99. The number of hydrogen-bond donors (Lipinski definition) is 1. The fourth-order valence-electron chi connectivity index (χ4n) is 1.56. The second kappa shape index (κ2) is 2.70. The molecule has 0 aliphatic heterocycles. The average Bonchev–Trinajstić information content (AvgIpc) is 2.38. The minimum Gasteiger partial charge on any atom is -0.304 e. The first-order chi connectivity index (χ1) is 6.50. The van der Waals surface area contributed by atoms with E-state index in [1.165, 1.54) is 0 Å². The number of fused-ring (bicyclic) bond motifs is 1. The summed E-state index contributed by atoms with van der Waals surface area (Å²) in [6.07, 6.45) is 1.69. The van der Waals surface area contributed by atoms with Gasteiger partial charge in [0.15, 0.2) is 5.65 Å². The summed E-state index contributed by atoms with van der Waals surface area (Å²) in [5, 5.41) is 0. The molecule has 0 atom stereocenters. The zero-order valence-corrected chi connectivity index (χ0v) is 8.53. The average molecular weight is 191 g/mol. The molecule has 0 unspecified atom stereocenters. The summed E-state index contributed by atoms with van der Waals surface area (Å²) in [7, 11) is 0. The molecule has 4 nitrogen and oxygen atoms in total. The van der Waals surface area contributed by atoms with Crippen LogP contribution in [0.4, 0.5) is 0 Å². The predicted molar refractivity (Wildman–Crippen MR) is 55.3 cm³/mol. The summed E-state index contributed by atoms with van der Waals surface area (Å²) >= 11 is 0. The molecule has 0 saturated carbocycles. The van der Waals surface area contributed by atoms with E-state index in [1.807, 2.05) is 32.9 Å². The van der Waals surface area contributed by atoms with E-state index in [1.54, 1.807) is 10.8 Å². The van der Waals surface area contributed by atoms with Gasteiger partial charge in [0.25, 0.3) is 0 Å². The number of H-pyrrole nitrogens is 1. The fourth-order valence-corrected chi connectivity index (χ4v) is 1.56. The molecule has 2 aromatic rings. The number of pyridine rings is 1. The van der Waals surface area contributed by atoms with Gasteiger partial charge in [0.1, 0.15) is 0 Å². The number of aromatic amines is 1. The van der Waals surface area contributed by atoms with E-state index in [9.17, 15) is 4.79 Å². The molecule has 0 fully saturated rings. The highest BCUT2D eigenvalue weighted by Gasteiger charge is 2.19. The highest BCUT2D eigenvalue weighted by molar-refractivity contribution is 5.70. The highest BCUT2D eigenvalue weighted by Crippen LogP contribution is 2.16. The molecule has 74 valence electrons. The Morgan fingerprint density at radius 3 is 2.79 bits per heavy atom. The maximum absolute atomic E-state index is 11.7. The number of nitrogens with zero attached hydrogens (tertiary/aromatic N) is 2. The summed E-state index contributed by atoms with van der Waals surface area (Å²) in [5.74, 6) is 0.